The van der Waals surface area contributed by atoms with Crippen LogP contribution in [0.4, 0.5) is 0 Å². The van der Waals surface area contributed by atoms with Crippen molar-refractivity contribution in [1.29, 1.82) is 0 Å². The molecule has 0 unspecified atom stereocenters. The quantitative estimate of drug-likeness (QED) is 0.617. The molecule has 1 aliphatic rings. The van der Waals surface area contributed by atoms with Crippen LogP contribution in [0.25, 0.3) is 10.8 Å². The van der Waals surface area contributed by atoms with Gasteiger partial charge in [-0.15, -0.1) is 0 Å². The first-order valence-corrected chi connectivity index (χ1v) is 10.5. The summed E-state index contributed by atoms with van der Waals surface area (Å²) < 4.78 is 0. The van der Waals surface area contributed by atoms with E-state index >= 15 is 0 Å². The third-order valence-corrected chi connectivity index (χ3v) is 5.54. The molecule has 4 heteroatoms. The van der Waals surface area contributed by atoms with Gasteiger partial charge < -0.3 is 10.7 Å². The summed E-state index contributed by atoms with van der Waals surface area (Å²) in [6, 6.07) is 25.8. The fourth-order valence-electron chi connectivity index (χ4n) is 3.87. The van der Waals surface area contributed by atoms with E-state index < -0.39 is 0 Å². The van der Waals surface area contributed by atoms with Crippen LogP contribution >= 0.6 is 0 Å². The molecule has 154 valence electrons. The van der Waals surface area contributed by atoms with E-state index in [1.807, 2.05) is 0 Å². The number of allylic oxidation sites excluding steroid dienone is 1. The van der Waals surface area contributed by atoms with E-state index in [0.29, 0.717) is 0 Å². The van der Waals surface area contributed by atoms with Crippen molar-refractivity contribution < 1.29 is 2.85 Å². The minimum Gasteiger partial charge on any atom is -0.367 e. The van der Waals surface area contributed by atoms with Crippen LogP contribution in [0.3, 0.4) is 0 Å². The Balaban J connectivity index is 0.00000171. The second kappa shape index (κ2) is 9.59. The Morgan fingerprint density at radius 1 is 0.897 bits per heavy atom. The Labute approximate surface area is 176 Å². The minimum absolute atomic E-state index is 0. The molecule has 4 nitrogen and oxygen atoms in total. The molecule has 0 bridgehead atoms. The smallest absolute Gasteiger partial charge is 0.109 e. The highest BCUT2D eigenvalue weighted by molar-refractivity contribution is 5.85. The van der Waals surface area contributed by atoms with Gasteiger partial charge in [0.05, 0.1) is 0 Å². The molecule has 0 saturated carbocycles. The molecule has 1 heterocycles. The monoisotopic (exact) mass is 390 g/mol. The van der Waals surface area contributed by atoms with Crippen molar-refractivity contribution in [3.63, 3.8) is 0 Å². The first-order valence-electron chi connectivity index (χ1n) is 10.5. The first-order chi connectivity index (χ1) is 14.3. The van der Waals surface area contributed by atoms with Crippen LogP contribution in [0.5, 0.6) is 0 Å². The lowest BCUT2D eigenvalue weighted by Crippen LogP contribution is -2.52. The molecule has 0 spiro atoms. The second-order valence-electron chi connectivity index (χ2n) is 7.55. The highest BCUT2D eigenvalue weighted by atomic mass is 15.5. The maximum Gasteiger partial charge on any atom is 0.109 e. The summed E-state index contributed by atoms with van der Waals surface area (Å²) in [5.41, 5.74) is 6.27. The number of hydrogen-bond donors (Lipinski definition) is 2. The highest BCUT2D eigenvalue weighted by Gasteiger charge is 2.17. The van der Waals surface area contributed by atoms with E-state index in [4.69, 9.17) is 0 Å². The summed E-state index contributed by atoms with van der Waals surface area (Å²) >= 11 is 0. The van der Waals surface area contributed by atoms with Crippen LogP contribution in [-0.4, -0.2) is 36.1 Å². The highest BCUT2D eigenvalue weighted by Crippen LogP contribution is 2.18. The summed E-state index contributed by atoms with van der Waals surface area (Å²) in [6.07, 6.45) is 2.11. The fourth-order valence-corrected chi connectivity index (χ4v) is 3.87. The van der Waals surface area contributed by atoms with E-state index in [1.165, 1.54) is 21.9 Å². The van der Waals surface area contributed by atoms with Crippen LogP contribution in [0.15, 0.2) is 84.7 Å². The van der Waals surface area contributed by atoms with Gasteiger partial charge in [0, 0.05) is 42.1 Å². The van der Waals surface area contributed by atoms with E-state index in [2.05, 4.69) is 106 Å². The molecular weight excluding hydrogens is 356 g/mol. The van der Waals surface area contributed by atoms with Crippen LogP contribution in [0.1, 0.15) is 20.9 Å². The predicted octanol–water partition coefficient (Wildman–Crippen LogP) is 4.61. The summed E-state index contributed by atoms with van der Waals surface area (Å²) in [5.74, 6) is 1.06. The Kier molecular flexibility index (Phi) is 6.45. The van der Waals surface area contributed by atoms with Gasteiger partial charge >= 0.3 is 0 Å². The van der Waals surface area contributed by atoms with Gasteiger partial charge in [-0.2, -0.15) is 0 Å². The zero-order valence-corrected chi connectivity index (χ0v) is 17.1. The largest absolute Gasteiger partial charge is 0.367 e. The van der Waals surface area contributed by atoms with E-state index in [-0.39, 0.29) is 2.85 Å². The number of hydrazine groups is 1. The van der Waals surface area contributed by atoms with Gasteiger partial charge in [-0.25, -0.2) is 5.01 Å². The molecular formula is C25H34N4. The molecule has 1 fully saturated rings. The molecule has 29 heavy (non-hydrogen) atoms. The van der Waals surface area contributed by atoms with Crippen molar-refractivity contribution >= 4 is 10.8 Å². The molecule has 3 aromatic carbocycles. The second-order valence-corrected chi connectivity index (χ2v) is 7.55. The van der Waals surface area contributed by atoms with Gasteiger partial charge in [-0.3, -0.25) is 4.90 Å². The van der Waals surface area contributed by atoms with Gasteiger partial charge in [0.2, 0.25) is 0 Å². The SMILES string of the molecule is C/C=C(\NCc1cccc2ccccc12)NN1CCN(Cc2ccccc2)CC1.[HH].[HH]. The fraction of sp³-hybridized carbons (Fsp3) is 0.280. The third kappa shape index (κ3) is 5.17. The van der Waals surface area contributed by atoms with Gasteiger partial charge in [0.25, 0.3) is 0 Å². The molecule has 1 aliphatic heterocycles. The third-order valence-electron chi connectivity index (χ3n) is 5.54. The Morgan fingerprint density at radius 3 is 2.41 bits per heavy atom. The summed E-state index contributed by atoms with van der Waals surface area (Å²) in [6.45, 7) is 8.08. The molecule has 3 aromatic rings. The number of rotatable bonds is 7. The zero-order chi connectivity index (χ0) is 19.9. The molecule has 2 N–H and O–H groups in total. The molecule has 0 amide bonds. The van der Waals surface area contributed by atoms with E-state index in [9.17, 15) is 0 Å². The number of hydrogen-bond acceptors (Lipinski definition) is 4. The van der Waals surface area contributed by atoms with Crippen molar-refractivity contribution in [1.82, 2.24) is 20.7 Å². The summed E-state index contributed by atoms with van der Waals surface area (Å²) in [4.78, 5) is 2.52. The Bertz CT molecular complexity index is 949. The normalized spacial score (nSPS) is 16.1. The number of benzene rings is 3. The van der Waals surface area contributed by atoms with Crippen LogP contribution in [0, 0.1) is 0 Å². The number of fused-ring (bicyclic) bond motifs is 1. The maximum atomic E-state index is 3.57. The van der Waals surface area contributed by atoms with E-state index in [1.54, 1.807) is 0 Å². The number of nitrogens with zero attached hydrogens (tertiary/aromatic N) is 2. The molecule has 1 saturated heterocycles. The van der Waals surface area contributed by atoms with Crippen LogP contribution < -0.4 is 10.7 Å². The van der Waals surface area contributed by atoms with Gasteiger partial charge in [0.1, 0.15) is 5.82 Å². The Hall–Kier alpha value is -2.82. The maximum absolute atomic E-state index is 3.57. The van der Waals surface area contributed by atoms with Crippen molar-refractivity contribution in [2.75, 3.05) is 26.2 Å². The molecule has 0 aromatic heterocycles. The molecule has 0 radical (unpaired) electrons. The van der Waals surface area contributed by atoms with Crippen molar-refractivity contribution in [3.05, 3.63) is 95.8 Å². The van der Waals surface area contributed by atoms with Gasteiger partial charge in [-0.1, -0.05) is 72.8 Å². The van der Waals surface area contributed by atoms with Gasteiger partial charge in [-0.05, 0) is 34.9 Å². The van der Waals surface area contributed by atoms with Crippen LogP contribution in [0.2, 0.25) is 0 Å². The van der Waals surface area contributed by atoms with Gasteiger partial charge in [0.15, 0.2) is 0 Å². The van der Waals surface area contributed by atoms with Crippen LogP contribution in [-0.2, 0) is 13.1 Å². The topological polar surface area (TPSA) is 30.5 Å². The van der Waals surface area contributed by atoms with Crippen molar-refractivity contribution in [3.8, 4) is 0 Å². The number of nitrogens with one attached hydrogen (secondary N) is 2. The molecule has 0 atom stereocenters. The van der Waals surface area contributed by atoms with Crippen molar-refractivity contribution in [2.24, 2.45) is 0 Å². The molecule has 4 rings (SSSR count). The lowest BCUT2D eigenvalue weighted by atomic mass is 10.0. The predicted molar refractivity (Wildman–Crippen MR) is 125 cm³/mol. The lowest BCUT2D eigenvalue weighted by molar-refractivity contribution is 0.0942. The number of piperazine rings is 1. The standard InChI is InChI=1S/C25H30N4.2H2/c1-2-25(26-19-23-13-8-12-22-11-6-7-14-24(22)23)27-29-17-15-28(16-18-29)20-21-9-4-3-5-10-21;;/h2-14,26-27H,15-20H2,1H3;2*1H/b25-2+;;. The summed E-state index contributed by atoms with van der Waals surface area (Å²) in [7, 11) is 0. The Morgan fingerprint density at radius 2 is 1.62 bits per heavy atom. The lowest BCUT2D eigenvalue weighted by Gasteiger charge is -2.35. The zero-order valence-electron chi connectivity index (χ0n) is 17.1. The van der Waals surface area contributed by atoms with E-state index in [0.717, 1.165) is 45.1 Å². The minimum atomic E-state index is 0. The average Bonchev–Trinajstić information content (AvgIpc) is 2.78. The molecule has 0 aliphatic carbocycles. The van der Waals surface area contributed by atoms with Crippen molar-refractivity contribution in [2.45, 2.75) is 20.0 Å². The average molecular weight is 391 g/mol. The first kappa shape index (κ1) is 19.5. The summed E-state index contributed by atoms with van der Waals surface area (Å²) in [5, 5.41) is 8.48.